The molecule has 2 unspecified atom stereocenters. The Bertz CT molecular complexity index is 1060. The van der Waals surface area contributed by atoms with Gasteiger partial charge in [-0.1, -0.05) is 30.3 Å². The molecule has 1 fully saturated rings. The number of benzene rings is 1. The van der Waals surface area contributed by atoms with Crippen LogP contribution in [0.3, 0.4) is 0 Å². The summed E-state index contributed by atoms with van der Waals surface area (Å²) in [6.07, 6.45) is 1.07. The summed E-state index contributed by atoms with van der Waals surface area (Å²) in [5.74, 6) is -1.40. The molecule has 40 heavy (non-hydrogen) atoms. The molecule has 2 amide bonds. The normalized spacial score (nSPS) is 20.1. The van der Waals surface area contributed by atoms with Gasteiger partial charge in [0, 0.05) is 11.8 Å². The highest BCUT2D eigenvalue weighted by atomic mass is 32.2. The molecule has 1 heterocycles. The van der Waals surface area contributed by atoms with Crippen LogP contribution >= 0.6 is 11.8 Å². The predicted octanol–water partition coefficient (Wildman–Crippen LogP) is 4.45. The molecule has 0 aliphatic carbocycles. The Kier molecular flexibility index (Phi) is 10.9. The SMILES string of the molecule is COC(=O)[C@](CC(SC)C1(C(=O)OC(C)(C)C)CCCCN1C(=O)OC(C)(C)C)(NNC(=O)O)c1ccccc1. The van der Waals surface area contributed by atoms with Crippen molar-refractivity contribution in [1.29, 1.82) is 0 Å². The third-order valence-electron chi connectivity index (χ3n) is 6.53. The lowest BCUT2D eigenvalue weighted by Crippen LogP contribution is -2.68. The number of amides is 2. The molecule has 3 atom stereocenters. The molecule has 0 spiro atoms. The van der Waals surface area contributed by atoms with Gasteiger partial charge in [0.05, 0.1) is 7.11 Å². The summed E-state index contributed by atoms with van der Waals surface area (Å²) in [6.45, 7) is 10.7. The van der Waals surface area contributed by atoms with E-state index in [1.54, 1.807) is 78.1 Å². The van der Waals surface area contributed by atoms with Gasteiger partial charge in [-0.3, -0.25) is 10.3 Å². The summed E-state index contributed by atoms with van der Waals surface area (Å²) >= 11 is 1.28. The van der Waals surface area contributed by atoms with Gasteiger partial charge in [-0.25, -0.2) is 24.6 Å². The smallest absolute Gasteiger partial charge is 0.419 e. The van der Waals surface area contributed by atoms with E-state index >= 15 is 0 Å². The first-order chi connectivity index (χ1) is 18.5. The topological polar surface area (TPSA) is 144 Å². The van der Waals surface area contributed by atoms with E-state index in [-0.39, 0.29) is 19.4 Å². The first-order valence-electron chi connectivity index (χ1n) is 13.2. The third kappa shape index (κ3) is 7.81. The van der Waals surface area contributed by atoms with Crippen molar-refractivity contribution in [2.45, 2.75) is 94.8 Å². The van der Waals surface area contributed by atoms with Crippen LogP contribution in [0.1, 0.15) is 72.8 Å². The highest BCUT2D eigenvalue weighted by molar-refractivity contribution is 7.99. The highest BCUT2D eigenvalue weighted by Crippen LogP contribution is 2.44. The molecule has 1 aromatic rings. The molecule has 224 valence electrons. The summed E-state index contributed by atoms with van der Waals surface area (Å²) in [7, 11) is 1.20. The molecule has 1 aliphatic heterocycles. The molecule has 0 saturated carbocycles. The van der Waals surface area contributed by atoms with E-state index in [1.807, 2.05) is 0 Å². The van der Waals surface area contributed by atoms with E-state index in [4.69, 9.17) is 14.2 Å². The van der Waals surface area contributed by atoms with Crippen LogP contribution in [0.25, 0.3) is 0 Å². The first kappa shape index (κ1) is 33.2. The van der Waals surface area contributed by atoms with Gasteiger partial charge in [-0.05, 0) is 79.0 Å². The second-order valence-electron chi connectivity index (χ2n) is 11.8. The maximum Gasteiger partial charge on any atom is 0.419 e. The molecular weight excluding hydrogens is 538 g/mol. The summed E-state index contributed by atoms with van der Waals surface area (Å²) in [5.41, 5.74) is 0.206. The average molecular weight is 582 g/mol. The number of carbonyl (C=O) groups excluding carboxylic acids is 3. The van der Waals surface area contributed by atoms with Crippen LogP contribution in [0.5, 0.6) is 0 Å². The maximum atomic E-state index is 14.2. The number of thioether (sulfide) groups is 1. The fourth-order valence-electron chi connectivity index (χ4n) is 4.89. The lowest BCUT2D eigenvalue weighted by atomic mass is 9.76. The molecule has 1 aromatic carbocycles. The van der Waals surface area contributed by atoms with Gasteiger partial charge in [0.1, 0.15) is 11.2 Å². The third-order valence-corrected chi connectivity index (χ3v) is 7.66. The molecular formula is C28H43N3O8S. The maximum absolute atomic E-state index is 14.2. The van der Waals surface area contributed by atoms with Crippen LogP contribution in [0.15, 0.2) is 30.3 Å². The zero-order valence-corrected chi connectivity index (χ0v) is 25.5. The van der Waals surface area contributed by atoms with E-state index in [0.29, 0.717) is 18.4 Å². The molecule has 0 aromatic heterocycles. The van der Waals surface area contributed by atoms with Crippen molar-refractivity contribution in [3.63, 3.8) is 0 Å². The van der Waals surface area contributed by atoms with Crippen LogP contribution in [0, 0.1) is 0 Å². The monoisotopic (exact) mass is 581 g/mol. The molecule has 12 heteroatoms. The standard InChI is InChI=1S/C28H43N3O8S/c1-25(2,3)38-22(33)28(16-12-13-17-31(28)24(36)39-26(4,5)6)20(40-8)18-27(21(32)37-7,30-29-23(34)35)19-14-10-9-11-15-19/h9-11,14-15,20,29-30H,12-13,16-18H2,1-8H3,(H,34,35)/t20?,27-,28?/m1/s1. The van der Waals surface area contributed by atoms with Crippen molar-refractivity contribution in [2.75, 3.05) is 19.9 Å². The second-order valence-corrected chi connectivity index (χ2v) is 12.8. The zero-order chi connectivity index (χ0) is 30.4. The van der Waals surface area contributed by atoms with Gasteiger partial charge < -0.3 is 19.3 Å². The number of nitrogens with zero attached hydrogens (tertiary/aromatic N) is 1. The Balaban J connectivity index is 2.80. The second kappa shape index (κ2) is 13.1. The van der Waals surface area contributed by atoms with Crippen molar-refractivity contribution in [3.8, 4) is 0 Å². The van der Waals surface area contributed by atoms with Crippen molar-refractivity contribution >= 4 is 35.9 Å². The Hall–Kier alpha value is -2.99. The number of methoxy groups -OCH3 is 1. The van der Waals surface area contributed by atoms with Gasteiger partial charge in [-0.2, -0.15) is 11.8 Å². The minimum Gasteiger partial charge on any atom is -0.467 e. The fraction of sp³-hybridized carbons (Fsp3) is 0.643. The Labute approximate surface area is 240 Å². The lowest BCUT2D eigenvalue weighted by molar-refractivity contribution is -0.173. The number of carboxylic acid groups (broad SMARTS) is 1. The fourth-order valence-corrected chi connectivity index (χ4v) is 6.04. The van der Waals surface area contributed by atoms with Crippen molar-refractivity contribution in [2.24, 2.45) is 0 Å². The van der Waals surface area contributed by atoms with E-state index in [2.05, 4.69) is 10.9 Å². The van der Waals surface area contributed by atoms with Crippen LogP contribution in [-0.2, 0) is 29.3 Å². The van der Waals surface area contributed by atoms with Gasteiger partial charge in [0.25, 0.3) is 0 Å². The number of piperidine rings is 1. The predicted molar refractivity (Wildman–Crippen MR) is 152 cm³/mol. The van der Waals surface area contributed by atoms with E-state index in [9.17, 15) is 24.3 Å². The van der Waals surface area contributed by atoms with Gasteiger partial charge in [0.15, 0.2) is 11.1 Å². The molecule has 2 rings (SSSR count). The first-order valence-corrected chi connectivity index (χ1v) is 14.5. The molecule has 0 radical (unpaired) electrons. The number of esters is 2. The highest BCUT2D eigenvalue weighted by Gasteiger charge is 2.59. The number of carbonyl (C=O) groups is 4. The number of hydrogen-bond donors (Lipinski definition) is 3. The number of nitrogens with one attached hydrogen (secondary N) is 2. The lowest BCUT2D eigenvalue weighted by Gasteiger charge is -2.51. The average Bonchev–Trinajstić information content (AvgIpc) is 2.87. The van der Waals surface area contributed by atoms with Crippen LogP contribution in [0.4, 0.5) is 9.59 Å². The van der Waals surface area contributed by atoms with Gasteiger partial charge in [-0.15, -0.1) is 0 Å². The van der Waals surface area contributed by atoms with Gasteiger partial charge in [0.2, 0.25) is 0 Å². The quantitative estimate of drug-likeness (QED) is 0.217. The number of rotatable bonds is 9. The van der Waals surface area contributed by atoms with E-state index < -0.39 is 51.7 Å². The largest absolute Gasteiger partial charge is 0.467 e. The van der Waals surface area contributed by atoms with E-state index in [0.717, 1.165) is 0 Å². The molecule has 0 bridgehead atoms. The molecule has 3 N–H and O–H groups in total. The minimum atomic E-state index is -1.76. The van der Waals surface area contributed by atoms with Gasteiger partial charge >= 0.3 is 24.1 Å². The van der Waals surface area contributed by atoms with Crippen molar-refractivity contribution in [1.82, 2.24) is 15.8 Å². The van der Waals surface area contributed by atoms with E-state index in [1.165, 1.54) is 23.8 Å². The summed E-state index contributed by atoms with van der Waals surface area (Å²) in [4.78, 5) is 54.4. The van der Waals surface area contributed by atoms with Crippen LogP contribution in [0.2, 0.25) is 0 Å². The molecule has 1 saturated heterocycles. The number of likely N-dealkylation sites (tertiary alicyclic amines) is 1. The number of hydrogen-bond acceptors (Lipinski definition) is 9. The Morgan fingerprint density at radius 2 is 1.62 bits per heavy atom. The Morgan fingerprint density at radius 1 is 1.02 bits per heavy atom. The molecule has 1 aliphatic rings. The van der Waals surface area contributed by atoms with Crippen molar-refractivity contribution < 1.29 is 38.5 Å². The Morgan fingerprint density at radius 3 is 2.12 bits per heavy atom. The van der Waals surface area contributed by atoms with Crippen LogP contribution < -0.4 is 10.9 Å². The summed E-state index contributed by atoms with van der Waals surface area (Å²) in [5, 5.41) is 8.67. The summed E-state index contributed by atoms with van der Waals surface area (Å²) in [6, 6.07) is 8.51. The number of ether oxygens (including phenoxy) is 3. The number of hydrazine groups is 1. The molecule has 11 nitrogen and oxygen atoms in total. The zero-order valence-electron chi connectivity index (χ0n) is 24.7. The summed E-state index contributed by atoms with van der Waals surface area (Å²) < 4.78 is 16.9. The van der Waals surface area contributed by atoms with Crippen molar-refractivity contribution in [3.05, 3.63) is 35.9 Å². The minimum absolute atomic E-state index is 0.135. The van der Waals surface area contributed by atoms with Crippen LogP contribution in [-0.4, -0.2) is 76.0 Å².